The molecule has 0 radical (unpaired) electrons. The third-order valence-electron chi connectivity index (χ3n) is 7.69. The fraction of sp³-hybridized carbons (Fsp3) is 0.314. The van der Waals surface area contributed by atoms with Gasteiger partial charge in [0.1, 0.15) is 0 Å². The number of benzene rings is 3. The van der Waals surface area contributed by atoms with Gasteiger partial charge < -0.3 is 9.47 Å². The number of likely N-dealkylation sites (tertiary alicyclic amines) is 1. The predicted octanol–water partition coefficient (Wildman–Crippen LogP) is 8.15. The van der Waals surface area contributed by atoms with Gasteiger partial charge in [0.25, 0.3) is 0 Å². The average molecular weight is 550 g/mol. The zero-order chi connectivity index (χ0) is 27.6. The second kappa shape index (κ2) is 14.2. The zero-order valence-corrected chi connectivity index (χ0v) is 24.1. The molecule has 4 nitrogen and oxygen atoms in total. The number of thioether (sulfide) groups is 1. The highest BCUT2D eigenvalue weighted by atomic mass is 32.2. The SMILES string of the molecule is C=CCn1c(SCCCCC(=O)N2CCC(Cc3ccccc3)CC2)nc(-c2ccccc2)c1-c1ccccc1. The van der Waals surface area contributed by atoms with Crippen LogP contribution < -0.4 is 0 Å². The van der Waals surface area contributed by atoms with Crippen LogP contribution in [0.3, 0.4) is 0 Å². The highest BCUT2D eigenvalue weighted by molar-refractivity contribution is 7.99. The van der Waals surface area contributed by atoms with Crippen molar-refractivity contribution in [2.75, 3.05) is 18.8 Å². The van der Waals surface area contributed by atoms with Gasteiger partial charge in [-0.1, -0.05) is 109 Å². The second-order valence-electron chi connectivity index (χ2n) is 10.5. The number of hydrogen-bond donors (Lipinski definition) is 0. The molecule has 40 heavy (non-hydrogen) atoms. The Morgan fingerprint density at radius 2 is 1.50 bits per heavy atom. The summed E-state index contributed by atoms with van der Waals surface area (Å²) >= 11 is 1.78. The van der Waals surface area contributed by atoms with Gasteiger partial charge in [0, 0.05) is 42.9 Å². The minimum absolute atomic E-state index is 0.314. The summed E-state index contributed by atoms with van der Waals surface area (Å²) < 4.78 is 2.28. The minimum Gasteiger partial charge on any atom is -0.343 e. The Bertz CT molecular complexity index is 1360. The summed E-state index contributed by atoms with van der Waals surface area (Å²) in [5, 5.41) is 1.00. The lowest BCUT2D eigenvalue weighted by Gasteiger charge is -2.32. The Morgan fingerprint density at radius 3 is 2.15 bits per heavy atom. The Hall–Kier alpha value is -3.57. The molecule has 0 spiro atoms. The van der Waals surface area contributed by atoms with E-state index in [2.05, 4.69) is 94.9 Å². The van der Waals surface area contributed by atoms with Crippen molar-refractivity contribution >= 4 is 17.7 Å². The standard InChI is InChI=1S/C35H39N3OS/c1-2-23-38-34(31-18-10-5-11-19-31)33(30-16-8-4-9-17-30)36-35(38)40-26-13-12-20-32(39)37-24-21-29(22-25-37)27-28-14-6-3-7-15-28/h2-11,14-19,29H,1,12-13,20-27H2. The first-order valence-electron chi connectivity index (χ1n) is 14.5. The smallest absolute Gasteiger partial charge is 0.222 e. The number of carbonyl (C=O) groups excluding carboxylic acids is 1. The lowest BCUT2D eigenvalue weighted by molar-refractivity contribution is -0.132. The Morgan fingerprint density at radius 1 is 0.875 bits per heavy atom. The maximum atomic E-state index is 12.9. The number of rotatable bonds is 12. The Balaban J connectivity index is 1.15. The molecule has 0 bridgehead atoms. The third-order valence-corrected chi connectivity index (χ3v) is 8.75. The number of allylic oxidation sites excluding steroid dienone is 1. The number of hydrogen-bond acceptors (Lipinski definition) is 3. The van der Waals surface area contributed by atoms with E-state index in [1.807, 2.05) is 18.2 Å². The lowest BCUT2D eigenvalue weighted by Crippen LogP contribution is -2.38. The highest BCUT2D eigenvalue weighted by Crippen LogP contribution is 2.36. The lowest BCUT2D eigenvalue weighted by atomic mass is 9.90. The van der Waals surface area contributed by atoms with Gasteiger partial charge in [0.15, 0.2) is 5.16 Å². The van der Waals surface area contributed by atoms with Crippen LogP contribution in [0.25, 0.3) is 22.5 Å². The monoisotopic (exact) mass is 549 g/mol. The predicted molar refractivity (Wildman–Crippen MR) is 167 cm³/mol. The number of carbonyl (C=O) groups is 1. The summed E-state index contributed by atoms with van der Waals surface area (Å²) in [6.45, 7) is 6.51. The molecule has 1 saturated heterocycles. The Kier molecular flexibility index (Phi) is 9.92. The van der Waals surface area contributed by atoms with E-state index in [4.69, 9.17) is 4.98 Å². The van der Waals surface area contributed by atoms with Gasteiger partial charge in [-0.3, -0.25) is 4.79 Å². The van der Waals surface area contributed by atoms with Crippen molar-refractivity contribution in [2.24, 2.45) is 5.92 Å². The maximum absolute atomic E-state index is 12.9. The van der Waals surface area contributed by atoms with Crippen LogP contribution >= 0.6 is 11.8 Å². The number of imidazole rings is 1. The van der Waals surface area contributed by atoms with E-state index in [1.165, 1.54) is 5.56 Å². The summed E-state index contributed by atoms with van der Waals surface area (Å²) in [5.41, 5.74) is 5.80. The molecule has 5 rings (SSSR count). The largest absolute Gasteiger partial charge is 0.343 e. The van der Waals surface area contributed by atoms with Gasteiger partial charge >= 0.3 is 0 Å². The van der Waals surface area contributed by atoms with E-state index in [-0.39, 0.29) is 0 Å². The molecule has 0 N–H and O–H groups in total. The maximum Gasteiger partial charge on any atom is 0.222 e. The minimum atomic E-state index is 0.314. The topological polar surface area (TPSA) is 38.1 Å². The molecular weight excluding hydrogens is 510 g/mol. The summed E-state index contributed by atoms with van der Waals surface area (Å²) in [6.07, 6.45) is 7.81. The van der Waals surface area contributed by atoms with E-state index < -0.39 is 0 Å². The molecule has 1 aromatic heterocycles. The number of amides is 1. The molecule has 0 saturated carbocycles. The van der Waals surface area contributed by atoms with Gasteiger partial charge in [0.05, 0.1) is 11.4 Å². The number of aromatic nitrogens is 2. The van der Waals surface area contributed by atoms with Gasteiger partial charge in [0.2, 0.25) is 5.91 Å². The van der Waals surface area contributed by atoms with Crippen LogP contribution in [0.4, 0.5) is 0 Å². The van der Waals surface area contributed by atoms with Crippen molar-refractivity contribution in [1.29, 1.82) is 0 Å². The van der Waals surface area contributed by atoms with E-state index >= 15 is 0 Å². The summed E-state index contributed by atoms with van der Waals surface area (Å²) in [4.78, 5) is 20.1. The molecule has 2 heterocycles. The van der Waals surface area contributed by atoms with Gasteiger partial charge in [-0.05, 0) is 43.6 Å². The van der Waals surface area contributed by atoms with Gasteiger partial charge in [-0.2, -0.15) is 0 Å². The van der Waals surface area contributed by atoms with Crippen molar-refractivity contribution in [2.45, 2.75) is 50.2 Å². The quantitative estimate of drug-likeness (QED) is 0.102. The number of piperidine rings is 1. The first kappa shape index (κ1) is 28.0. The summed E-state index contributed by atoms with van der Waals surface area (Å²) in [5.74, 6) is 1.93. The first-order valence-corrected chi connectivity index (χ1v) is 15.5. The van der Waals surface area contributed by atoms with Crippen molar-refractivity contribution in [3.05, 3.63) is 109 Å². The van der Waals surface area contributed by atoms with Crippen LogP contribution in [0.15, 0.2) is 109 Å². The number of unbranched alkanes of at least 4 members (excludes halogenated alkanes) is 1. The molecule has 1 amide bonds. The van der Waals surface area contributed by atoms with Crippen LogP contribution in [0.2, 0.25) is 0 Å². The molecule has 0 unspecified atom stereocenters. The van der Waals surface area contributed by atoms with Gasteiger partial charge in [-0.15, -0.1) is 6.58 Å². The molecule has 0 atom stereocenters. The second-order valence-corrected chi connectivity index (χ2v) is 11.6. The molecule has 3 aromatic carbocycles. The number of nitrogens with zero attached hydrogens (tertiary/aromatic N) is 3. The van der Waals surface area contributed by atoms with Crippen LogP contribution in [0.1, 0.15) is 37.7 Å². The molecular formula is C35H39N3OS. The first-order chi connectivity index (χ1) is 19.7. The Labute approximate surface area is 243 Å². The van der Waals surface area contributed by atoms with Gasteiger partial charge in [-0.25, -0.2) is 4.98 Å². The fourth-order valence-corrected chi connectivity index (χ4v) is 6.57. The van der Waals surface area contributed by atoms with E-state index in [0.29, 0.717) is 24.8 Å². The summed E-state index contributed by atoms with van der Waals surface area (Å²) in [6, 6.07) is 31.6. The molecule has 4 aromatic rings. The molecule has 206 valence electrons. The van der Waals surface area contributed by atoms with Crippen LogP contribution in [0, 0.1) is 5.92 Å². The molecule has 1 aliphatic heterocycles. The molecule has 1 fully saturated rings. The van der Waals surface area contributed by atoms with Crippen molar-refractivity contribution in [3.8, 4) is 22.5 Å². The van der Waals surface area contributed by atoms with Crippen molar-refractivity contribution < 1.29 is 4.79 Å². The molecule has 0 aliphatic carbocycles. The van der Waals surface area contributed by atoms with E-state index in [0.717, 1.165) is 78.6 Å². The molecule has 5 heteroatoms. The highest BCUT2D eigenvalue weighted by Gasteiger charge is 2.23. The van der Waals surface area contributed by atoms with Crippen molar-refractivity contribution in [1.82, 2.24) is 14.5 Å². The fourth-order valence-electron chi connectivity index (χ4n) is 5.56. The van der Waals surface area contributed by atoms with E-state index in [9.17, 15) is 4.79 Å². The van der Waals surface area contributed by atoms with Crippen LogP contribution in [-0.2, 0) is 17.8 Å². The summed E-state index contributed by atoms with van der Waals surface area (Å²) in [7, 11) is 0. The third kappa shape index (κ3) is 7.14. The zero-order valence-electron chi connectivity index (χ0n) is 23.3. The molecule has 1 aliphatic rings. The van der Waals surface area contributed by atoms with Crippen LogP contribution in [-0.4, -0.2) is 39.2 Å². The van der Waals surface area contributed by atoms with Crippen molar-refractivity contribution in [3.63, 3.8) is 0 Å². The normalized spacial score (nSPS) is 13.8. The van der Waals surface area contributed by atoms with Crippen LogP contribution in [0.5, 0.6) is 0 Å². The van der Waals surface area contributed by atoms with E-state index in [1.54, 1.807) is 11.8 Å². The average Bonchev–Trinajstić information content (AvgIpc) is 3.37.